The summed E-state index contributed by atoms with van der Waals surface area (Å²) in [4.78, 5) is 12.8. The maximum Gasteiger partial charge on any atom is 0.260 e. The van der Waals surface area contributed by atoms with Crippen LogP contribution in [-0.2, 0) is 17.6 Å². The van der Waals surface area contributed by atoms with E-state index in [4.69, 9.17) is 22.7 Å². The Kier molecular flexibility index (Phi) is 3.98. The molecule has 2 aromatic rings. The van der Waals surface area contributed by atoms with Crippen molar-refractivity contribution in [1.29, 1.82) is 0 Å². The summed E-state index contributed by atoms with van der Waals surface area (Å²) in [6, 6.07) is 9.41. The van der Waals surface area contributed by atoms with E-state index in [0.29, 0.717) is 23.0 Å². The van der Waals surface area contributed by atoms with E-state index in [1.165, 1.54) is 0 Å². The third-order valence-corrected chi connectivity index (χ3v) is 4.29. The standard InChI is InChI=1S/C17H18N2O2S/c1-2-21-17(22)14-12-9-6-10-13(12)16(20)19(15(14)18)11-7-4-3-5-8-11/h3-5,7-8H,2,6,9-10,18H2,1H3. The van der Waals surface area contributed by atoms with Gasteiger partial charge in [-0.25, -0.2) is 0 Å². The highest BCUT2D eigenvalue weighted by molar-refractivity contribution is 7.80. The first-order valence-electron chi connectivity index (χ1n) is 7.44. The van der Waals surface area contributed by atoms with Crippen LogP contribution in [0.1, 0.15) is 30.0 Å². The van der Waals surface area contributed by atoms with Crippen LogP contribution in [0.3, 0.4) is 0 Å². The number of pyridine rings is 1. The van der Waals surface area contributed by atoms with E-state index in [2.05, 4.69) is 0 Å². The van der Waals surface area contributed by atoms with Crippen LogP contribution < -0.4 is 11.3 Å². The van der Waals surface area contributed by atoms with Crippen LogP contribution in [-0.4, -0.2) is 16.2 Å². The van der Waals surface area contributed by atoms with E-state index >= 15 is 0 Å². The molecule has 22 heavy (non-hydrogen) atoms. The molecule has 0 radical (unpaired) electrons. The maximum atomic E-state index is 12.8. The molecular formula is C17H18N2O2S. The molecule has 3 rings (SSSR count). The number of aromatic nitrogens is 1. The van der Waals surface area contributed by atoms with Crippen LogP contribution in [0.5, 0.6) is 0 Å². The number of hydrogen-bond donors (Lipinski definition) is 1. The fourth-order valence-corrected chi connectivity index (χ4v) is 3.38. The van der Waals surface area contributed by atoms with Gasteiger partial charge in [-0.15, -0.1) is 0 Å². The number of hydrogen-bond acceptors (Lipinski definition) is 4. The Hall–Kier alpha value is -2.14. The Labute approximate surface area is 134 Å². The second kappa shape index (κ2) is 5.93. The van der Waals surface area contributed by atoms with Crippen molar-refractivity contribution in [2.75, 3.05) is 12.3 Å². The average molecular weight is 314 g/mol. The van der Waals surface area contributed by atoms with Crippen molar-refractivity contribution in [2.45, 2.75) is 26.2 Å². The van der Waals surface area contributed by atoms with Crippen molar-refractivity contribution in [2.24, 2.45) is 0 Å². The molecule has 0 unspecified atom stereocenters. The Balaban J connectivity index is 2.30. The van der Waals surface area contributed by atoms with Crippen LogP contribution >= 0.6 is 12.2 Å². The van der Waals surface area contributed by atoms with Crippen molar-refractivity contribution in [3.63, 3.8) is 0 Å². The number of fused-ring (bicyclic) bond motifs is 1. The lowest BCUT2D eigenvalue weighted by molar-refractivity contribution is 0.337. The first kappa shape index (κ1) is 14.8. The number of anilines is 1. The molecule has 4 nitrogen and oxygen atoms in total. The van der Waals surface area contributed by atoms with Gasteiger partial charge in [0.1, 0.15) is 5.82 Å². The third-order valence-electron chi connectivity index (χ3n) is 3.97. The van der Waals surface area contributed by atoms with E-state index in [0.717, 1.165) is 36.1 Å². The summed E-state index contributed by atoms with van der Waals surface area (Å²) in [5.74, 6) is 0.371. The number of ether oxygens (including phenoxy) is 1. The molecule has 1 aromatic carbocycles. The highest BCUT2D eigenvalue weighted by atomic mass is 32.1. The summed E-state index contributed by atoms with van der Waals surface area (Å²) in [5, 5.41) is 0.378. The molecule has 0 spiro atoms. The van der Waals surface area contributed by atoms with Crippen molar-refractivity contribution < 1.29 is 4.74 Å². The quantitative estimate of drug-likeness (QED) is 0.885. The largest absolute Gasteiger partial charge is 0.483 e. The molecule has 1 heterocycles. The molecule has 0 saturated heterocycles. The zero-order valence-corrected chi connectivity index (χ0v) is 13.3. The number of benzene rings is 1. The van der Waals surface area contributed by atoms with E-state index in [-0.39, 0.29) is 5.56 Å². The molecule has 0 amide bonds. The monoisotopic (exact) mass is 314 g/mol. The van der Waals surface area contributed by atoms with Gasteiger partial charge in [0.2, 0.25) is 0 Å². The fourth-order valence-electron chi connectivity index (χ4n) is 3.03. The Morgan fingerprint density at radius 1 is 1.27 bits per heavy atom. The molecule has 1 aromatic heterocycles. The summed E-state index contributed by atoms with van der Waals surface area (Å²) in [6.07, 6.45) is 2.54. The zero-order chi connectivity index (χ0) is 15.7. The van der Waals surface area contributed by atoms with Gasteiger partial charge in [0.15, 0.2) is 5.05 Å². The van der Waals surface area contributed by atoms with Crippen LogP contribution in [0.15, 0.2) is 35.1 Å². The molecule has 5 heteroatoms. The van der Waals surface area contributed by atoms with Gasteiger partial charge in [-0.1, -0.05) is 18.2 Å². The van der Waals surface area contributed by atoms with Crippen molar-refractivity contribution in [3.05, 3.63) is 57.4 Å². The van der Waals surface area contributed by atoms with Crippen molar-refractivity contribution in [1.82, 2.24) is 4.57 Å². The van der Waals surface area contributed by atoms with Gasteiger partial charge in [-0.2, -0.15) is 0 Å². The van der Waals surface area contributed by atoms with Crippen LogP contribution in [0.25, 0.3) is 5.69 Å². The van der Waals surface area contributed by atoms with Gasteiger partial charge in [-0.3, -0.25) is 9.36 Å². The van der Waals surface area contributed by atoms with Crippen molar-refractivity contribution >= 4 is 23.1 Å². The van der Waals surface area contributed by atoms with Crippen LogP contribution in [0.2, 0.25) is 0 Å². The molecule has 0 aliphatic heterocycles. The average Bonchev–Trinajstić information content (AvgIpc) is 2.98. The lowest BCUT2D eigenvalue weighted by Gasteiger charge is -2.18. The summed E-state index contributed by atoms with van der Waals surface area (Å²) < 4.78 is 7.05. The maximum absolute atomic E-state index is 12.8. The van der Waals surface area contributed by atoms with Crippen LogP contribution in [0, 0.1) is 0 Å². The number of nitrogens with two attached hydrogens (primary N) is 1. The van der Waals surface area contributed by atoms with Gasteiger partial charge in [0, 0.05) is 5.56 Å². The zero-order valence-electron chi connectivity index (χ0n) is 12.5. The minimum absolute atomic E-state index is 0.0424. The van der Waals surface area contributed by atoms with Crippen molar-refractivity contribution in [3.8, 4) is 5.69 Å². The molecule has 114 valence electrons. The summed E-state index contributed by atoms with van der Waals surface area (Å²) >= 11 is 5.38. The summed E-state index contributed by atoms with van der Waals surface area (Å²) in [6.45, 7) is 2.37. The fraction of sp³-hybridized carbons (Fsp3) is 0.294. The minimum Gasteiger partial charge on any atom is -0.483 e. The topological polar surface area (TPSA) is 57.2 Å². The van der Waals surface area contributed by atoms with Gasteiger partial charge in [0.05, 0.1) is 17.9 Å². The van der Waals surface area contributed by atoms with Gasteiger partial charge < -0.3 is 10.5 Å². The first-order chi connectivity index (χ1) is 10.6. The van der Waals surface area contributed by atoms with Gasteiger partial charge >= 0.3 is 0 Å². The third kappa shape index (κ3) is 2.31. The molecule has 1 aliphatic rings. The second-order valence-corrected chi connectivity index (χ2v) is 5.64. The second-order valence-electron chi connectivity index (χ2n) is 5.27. The van der Waals surface area contributed by atoms with E-state index in [9.17, 15) is 4.79 Å². The minimum atomic E-state index is -0.0424. The number of para-hydroxylation sites is 1. The Bertz CT molecular complexity index is 781. The molecule has 0 atom stereocenters. The molecule has 0 bridgehead atoms. The highest BCUT2D eigenvalue weighted by Crippen LogP contribution is 2.29. The normalized spacial score (nSPS) is 13.0. The number of nitrogens with zero attached hydrogens (tertiary/aromatic N) is 1. The molecule has 0 saturated carbocycles. The number of rotatable bonds is 3. The molecular weight excluding hydrogens is 296 g/mol. The first-order valence-corrected chi connectivity index (χ1v) is 7.84. The lowest BCUT2D eigenvalue weighted by Crippen LogP contribution is -2.28. The highest BCUT2D eigenvalue weighted by Gasteiger charge is 2.26. The van der Waals surface area contributed by atoms with E-state index in [1.807, 2.05) is 37.3 Å². The molecule has 0 fully saturated rings. The molecule has 1 aliphatic carbocycles. The Morgan fingerprint density at radius 3 is 2.64 bits per heavy atom. The van der Waals surface area contributed by atoms with E-state index in [1.54, 1.807) is 4.57 Å². The number of thiocarbonyl (C=S) groups is 1. The predicted molar refractivity (Wildman–Crippen MR) is 91.8 cm³/mol. The van der Waals surface area contributed by atoms with Gasteiger partial charge in [0.25, 0.3) is 5.56 Å². The lowest BCUT2D eigenvalue weighted by atomic mass is 10.0. The molecule has 2 N–H and O–H groups in total. The number of nitrogen functional groups attached to an aromatic ring is 1. The van der Waals surface area contributed by atoms with E-state index < -0.39 is 0 Å². The van der Waals surface area contributed by atoms with Crippen LogP contribution in [0.4, 0.5) is 5.82 Å². The summed E-state index contributed by atoms with van der Waals surface area (Å²) in [7, 11) is 0. The predicted octanol–water partition coefficient (Wildman–Crippen LogP) is 2.62. The SMILES string of the molecule is CCOC(=S)c1c2c(c(=O)n(-c3ccccc3)c1N)CCC2. The Morgan fingerprint density at radius 2 is 1.95 bits per heavy atom. The van der Waals surface area contributed by atoms with Gasteiger partial charge in [-0.05, 0) is 56.1 Å². The smallest absolute Gasteiger partial charge is 0.260 e. The summed E-state index contributed by atoms with van der Waals surface area (Å²) in [5.41, 5.74) is 9.52.